The van der Waals surface area contributed by atoms with Gasteiger partial charge in [0.15, 0.2) is 0 Å². The molecule has 1 amide bonds. The number of hydrogen-bond donors (Lipinski definition) is 1. The normalized spacial score (nSPS) is 20.9. The number of ketones is 1. The van der Waals surface area contributed by atoms with E-state index in [0.717, 1.165) is 0 Å². The number of pyridine rings is 1. The van der Waals surface area contributed by atoms with E-state index in [1.54, 1.807) is 61.2 Å². The molecular weight excluding hydrogens is 585 g/mol. The third-order valence-electron chi connectivity index (χ3n) is 8.50. The van der Waals surface area contributed by atoms with E-state index in [1.165, 1.54) is 29.4 Å². The van der Waals surface area contributed by atoms with Crippen molar-refractivity contribution in [2.75, 3.05) is 0 Å². The molecule has 0 bridgehead atoms. The van der Waals surface area contributed by atoms with Crippen molar-refractivity contribution in [2.24, 2.45) is 7.05 Å². The summed E-state index contributed by atoms with van der Waals surface area (Å²) in [5.74, 6) is -1.28. The van der Waals surface area contributed by atoms with Crippen molar-refractivity contribution in [1.82, 2.24) is 19.7 Å². The summed E-state index contributed by atoms with van der Waals surface area (Å²) in [7, 11) is 1.72. The van der Waals surface area contributed by atoms with E-state index in [1.807, 2.05) is 6.07 Å². The van der Waals surface area contributed by atoms with Crippen molar-refractivity contribution in [1.29, 1.82) is 5.26 Å². The number of hydrogen-bond acceptors (Lipinski definition) is 7. The number of halogens is 2. The van der Waals surface area contributed by atoms with Crippen molar-refractivity contribution < 1.29 is 23.8 Å². The Balaban J connectivity index is 1.58. The molecule has 2 aliphatic rings. The van der Waals surface area contributed by atoms with Gasteiger partial charge in [-0.2, -0.15) is 10.4 Å². The highest BCUT2D eigenvalue weighted by atomic mass is 35.5. The number of nitriles is 1. The molecule has 2 aromatic carbocycles. The zero-order valence-corrected chi connectivity index (χ0v) is 24.9. The molecule has 224 valence electrons. The Bertz CT molecular complexity index is 1800. The molecule has 2 aromatic heterocycles. The van der Waals surface area contributed by atoms with E-state index in [-0.39, 0.29) is 41.9 Å². The standard InChI is InChI=1S/C33H29ClFN5O4/c1-3-32(43,23-17-38-39(2)18-23)22-12-28-30(29(35)13-22)33(21-5-7-24(34)8-6-21,44-27-11-10-26(41)14-27)40(31(28)42)19-25-9-4-20(15-36)16-37-25/h4-9,12-13,16-18,27,43H,3,10-11,14,19H2,1-2H3/t27-,32?,33+/m0/s1. The summed E-state index contributed by atoms with van der Waals surface area (Å²) in [5, 5.41) is 25.7. The summed E-state index contributed by atoms with van der Waals surface area (Å²) in [5.41, 5.74) is -1.55. The summed E-state index contributed by atoms with van der Waals surface area (Å²) < 4.78 is 25.1. The quantitative estimate of drug-likeness (QED) is 0.293. The number of aliphatic hydroxyl groups is 1. The molecule has 11 heteroatoms. The lowest BCUT2D eigenvalue weighted by molar-refractivity contribution is -0.149. The monoisotopic (exact) mass is 613 g/mol. The fourth-order valence-electron chi connectivity index (χ4n) is 6.21. The molecule has 1 unspecified atom stereocenters. The molecule has 1 fully saturated rings. The molecule has 0 spiro atoms. The molecule has 9 nitrogen and oxygen atoms in total. The predicted molar refractivity (Wildman–Crippen MR) is 158 cm³/mol. The van der Waals surface area contributed by atoms with E-state index < -0.39 is 29.2 Å². The first-order valence-corrected chi connectivity index (χ1v) is 14.7. The van der Waals surface area contributed by atoms with Crippen LogP contribution in [0.15, 0.2) is 67.1 Å². The van der Waals surface area contributed by atoms with Gasteiger partial charge >= 0.3 is 0 Å². The lowest BCUT2D eigenvalue weighted by atomic mass is 9.83. The molecule has 1 saturated carbocycles. The number of ether oxygens (including phenoxy) is 1. The highest BCUT2D eigenvalue weighted by Crippen LogP contribution is 2.50. The van der Waals surface area contributed by atoms with Crippen LogP contribution in [0.25, 0.3) is 0 Å². The molecule has 1 aliphatic heterocycles. The highest BCUT2D eigenvalue weighted by Gasteiger charge is 2.56. The maximum absolute atomic E-state index is 16.8. The Labute approximate surface area is 258 Å². The van der Waals surface area contributed by atoms with Crippen LogP contribution >= 0.6 is 11.6 Å². The first-order valence-electron chi connectivity index (χ1n) is 14.3. The predicted octanol–water partition coefficient (Wildman–Crippen LogP) is 5.12. The van der Waals surface area contributed by atoms with E-state index in [0.29, 0.717) is 40.2 Å². The Morgan fingerprint density at radius 3 is 2.55 bits per heavy atom. The number of aryl methyl sites for hydroxylation is 1. The molecule has 3 heterocycles. The van der Waals surface area contributed by atoms with Gasteiger partial charge < -0.3 is 9.84 Å². The van der Waals surface area contributed by atoms with Crippen LogP contribution in [0.3, 0.4) is 0 Å². The number of carbonyl (C=O) groups is 2. The molecule has 0 saturated heterocycles. The molecule has 4 aromatic rings. The molecule has 3 atom stereocenters. The van der Waals surface area contributed by atoms with Crippen molar-refractivity contribution in [3.05, 3.63) is 117 Å². The summed E-state index contributed by atoms with van der Waals surface area (Å²) >= 11 is 6.24. The van der Waals surface area contributed by atoms with Crippen LogP contribution in [0.5, 0.6) is 0 Å². The second kappa shape index (κ2) is 11.2. The summed E-state index contributed by atoms with van der Waals surface area (Å²) in [6, 6.07) is 14.6. The van der Waals surface area contributed by atoms with Crippen LogP contribution in [0.2, 0.25) is 5.02 Å². The lowest BCUT2D eigenvalue weighted by Crippen LogP contribution is -2.48. The zero-order chi connectivity index (χ0) is 31.2. The van der Waals surface area contributed by atoms with E-state index in [4.69, 9.17) is 16.3 Å². The first kappa shape index (κ1) is 29.6. The van der Waals surface area contributed by atoms with Crippen LogP contribution < -0.4 is 0 Å². The Hall–Kier alpha value is -4.43. The first-order chi connectivity index (χ1) is 21.1. The second-order valence-electron chi connectivity index (χ2n) is 11.2. The van der Waals surface area contributed by atoms with Crippen LogP contribution in [-0.2, 0) is 34.4 Å². The Morgan fingerprint density at radius 1 is 1.18 bits per heavy atom. The van der Waals surface area contributed by atoms with Gasteiger partial charge in [-0.25, -0.2) is 4.39 Å². The van der Waals surface area contributed by atoms with Crippen LogP contribution in [-0.4, -0.2) is 42.6 Å². The zero-order valence-electron chi connectivity index (χ0n) is 24.1. The van der Waals surface area contributed by atoms with Crippen LogP contribution in [0.1, 0.15) is 76.5 Å². The van der Waals surface area contributed by atoms with Gasteiger partial charge in [-0.15, -0.1) is 0 Å². The minimum Gasteiger partial charge on any atom is -0.380 e. The SMILES string of the molecule is CCC(O)(c1cc(F)c2c(c1)C(=O)N(Cc1ccc(C#N)cn1)[C@@]2(O[C@H]1CCC(=O)C1)c1ccc(Cl)cc1)c1cnn(C)c1. The number of rotatable bonds is 8. The molecule has 44 heavy (non-hydrogen) atoms. The Morgan fingerprint density at radius 2 is 1.95 bits per heavy atom. The number of carbonyl (C=O) groups excluding carboxylic acids is 2. The molecule has 6 rings (SSSR count). The summed E-state index contributed by atoms with van der Waals surface area (Å²) in [4.78, 5) is 32.6. The largest absolute Gasteiger partial charge is 0.380 e. The van der Waals surface area contributed by atoms with Gasteiger partial charge in [0.1, 0.15) is 23.3 Å². The van der Waals surface area contributed by atoms with Gasteiger partial charge in [0.2, 0.25) is 5.72 Å². The maximum atomic E-state index is 16.8. The van der Waals surface area contributed by atoms with Gasteiger partial charge in [0.05, 0.1) is 41.2 Å². The van der Waals surface area contributed by atoms with E-state index >= 15 is 4.39 Å². The molecule has 0 radical (unpaired) electrons. The Kier molecular flexibility index (Phi) is 7.58. The van der Waals surface area contributed by atoms with Gasteiger partial charge in [-0.1, -0.05) is 30.7 Å². The van der Waals surface area contributed by atoms with Crippen LogP contribution in [0.4, 0.5) is 4.39 Å². The summed E-state index contributed by atoms with van der Waals surface area (Å²) in [6.07, 6.45) is 5.01. The maximum Gasteiger partial charge on any atom is 0.257 e. The van der Waals surface area contributed by atoms with E-state index in [2.05, 4.69) is 10.1 Å². The number of nitrogens with zero attached hydrogens (tertiary/aromatic N) is 5. The minimum atomic E-state index is -1.79. The number of benzene rings is 2. The van der Waals surface area contributed by atoms with Crippen LogP contribution in [0, 0.1) is 17.1 Å². The summed E-state index contributed by atoms with van der Waals surface area (Å²) in [6.45, 7) is 1.67. The van der Waals surface area contributed by atoms with Gasteiger partial charge in [-0.3, -0.25) is 24.2 Å². The van der Waals surface area contributed by atoms with Gasteiger partial charge in [0.25, 0.3) is 5.91 Å². The number of fused-ring (bicyclic) bond motifs is 1. The van der Waals surface area contributed by atoms with E-state index in [9.17, 15) is 20.0 Å². The van der Waals surface area contributed by atoms with Crippen molar-refractivity contribution in [3.63, 3.8) is 0 Å². The number of aromatic nitrogens is 3. The number of amides is 1. The third kappa shape index (κ3) is 4.87. The van der Waals surface area contributed by atoms with Gasteiger partial charge in [0, 0.05) is 48.4 Å². The smallest absolute Gasteiger partial charge is 0.257 e. The van der Waals surface area contributed by atoms with Crippen molar-refractivity contribution in [3.8, 4) is 6.07 Å². The number of Topliss-reactive ketones (excluding diaryl/α,β-unsaturated/α-hetero) is 1. The van der Waals surface area contributed by atoms with Gasteiger partial charge in [-0.05, 0) is 54.8 Å². The minimum absolute atomic E-state index is 0.0173. The average molecular weight is 614 g/mol. The molecular formula is C33H29ClFN5O4. The third-order valence-corrected chi connectivity index (χ3v) is 8.76. The lowest BCUT2D eigenvalue weighted by Gasteiger charge is -2.41. The average Bonchev–Trinajstić information content (AvgIpc) is 3.71. The molecule has 1 aliphatic carbocycles. The van der Waals surface area contributed by atoms with Crippen molar-refractivity contribution in [2.45, 2.75) is 56.6 Å². The topological polar surface area (TPSA) is 121 Å². The fraction of sp³-hybridized carbons (Fsp3) is 0.303. The second-order valence-corrected chi connectivity index (χ2v) is 11.6. The molecule has 1 N–H and O–H groups in total. The van der Waals surface area contributed by atoms with Crippen molar-refractivity contribution >= 4 is 23.3 Å². The fourth-order valence-corrected chi connectivity index (χ4v) is 6.34. The highest BCUT2D eigenvalue weighted by molar-refractivity contribution is 6.30.